The number of fused-ring (bicyclic) bond motifs is 2. The lowest BCUT2D eigenvalue weighted by Crippen LogP contribution is -2.62. The van der Waals surface area contributed by atoms with E-state index in [1.807, 2.05) is 6.20 Å². The summed E-state index contributed by atoms with van der Waals surface area (Å²) in [5.74, 6) is 0.306. The molecule has 0 radical (unpaired) electrons. The molecule has 26 heavy (non-hydrogen) atoms. The van der Waals surface area contributed by atoms with Gasteiger partial charge < -0.3 is 15.0 Å². The van der Waals surface area contributed by atoms with Gasteiger partial charge >= 0.3 is 6.03 Å². The molecule has 6 nitrogen and oxygen atoms in total. The van der Waals surface area contributed by atoms with Gasteiger partial charge in [-0.2, -0.15) is 0 Å². The molecular weight excluding hydrogens is 359 g/mol. The number of aromatic nitrogens is 2. The van der Waals surface area contributed by atoms with Crippen molar-refractivity contribution < 1.29 is 13.9 Å². The van der Waals surface area contributed by atoms with Crippen molar-refractivity contribution in [2.45, 2.75) is 32.0 Å². The number of anilines is 1. The Balaban J connectivity index is 1.42. The Morgan fingerprint density at radius 3 is 3.00 bits per heavy atom. The van der Waals surface area contributed by atoms with Gasteiger partial charge in [0.25, 0.3) is 0 Å². The number of halogens is 2. The number of benzene rings is 1. The molecule has 2 aliphatic heterocycles. The van der Waals surface area contributed by atoms with Gasteiger partial charge in [0.1, 0.15) is 17.2 Å². The van der Waals surface area contributed by atoms with Crippen LogP contribution in [0.1, 0.15) is 30.4 Å². The molecule has 4 rings (SSSR count). The highest BCUT2D eigenvalue weighted by Crippen LogP contribution is 2.42. The second-order valence-electron chi connectivity index (χ2n) is 6.59. The van der Waals surface area contributed by atoms with Crippen LogP contribution in [0.15, 0.2) is 24.4 Å². The number of amides is 2. The van der Waals surface area contributed by atoms with Crippen LogP contribution >= 0.6 is 11.6 Å². The summed E-state index contributed by atoms with van der Waals surface area (Å²) < 4.78 is 19.2. The fourth-order valence-corrected chi connectivity index (χ4v) is 3.51. The predicted molar refractivity (Wildman–Crippen MR) is 94.5 cm³/mol. The summed E-state index contributed by atoms with van der Waals surface area (Å²) in [5, 5.41) is 2.69. The molecule has 3 heterocycles. The van der Waals surface area contributed by atoms with E-state index in [9.17, 15) is 9.18 Å². The highest BCUT2D eigenvalue weighted by Gasteiger charge is 2.52. The van der Waals surface area contributed by atoms with Gasteiger partial charge in [0.2, 0.25) is 0 Å². The smallest absolute Gasteiger partial charge is 0.322 e. The lowest BCUT2D eigenvalue weighted by molar-refractivity contribution is -0.122. The number of carbonyl (C=O) groups is 1. The number of hydrogen-bond acceptors (Lipinski definition) is 4. The van der Waals surface area contributed by atoms with E-state index in [0.717, 1.165) is 29.9 Å². The molecule has 1 fully saturated rings. The van der Waals surface area contributed by atoms with E-state index in [1.54, 1.807) is 4.90 Å². The number of urea groups is 1. The van der Waals surface area contributed by atoms with Crippen molar-refractivity contribution in [2.24, 2.45) is 0 Å². The molecule has 0 atom stereocenters. The summed E-state index contributed by atoms with van der Waals surface area (Å²) in [5.41, 5.74) is 1.81. The highest BCUT2D eigenvalue weighted by atomic mass is 35.5. The van der Waals surface area contributed by atoms with Crippen LogP contribution in [0.25, 0.3) is 0 Å². The van der Waals surface area contributed by atoms with E-state index in [0.29, 0.717) is 25.4 Å². The summed E-state index contributed by atoms with van der Waals surface area (Å²) in [7, 11) is 0. The number of nitrogens with zero attached hydrogens (tertiary/aromatic N) is 3. The first kappa shape index (κ1) is 17.2. The Morgan fingerprint density at radius 2 is 2.27 bits per heavy atom. The van der Waals surface area contributed by atoms with Gasteiger partial charge in [-0.15, -0.1) is 0 Å². The Kier molecular flexibility index (Phi) is 4.28. The van der Waals surface area contributed by atoms with E-state index < -0.39 is 11.4 Å². The minimum atomic E-state index is -0.522. The number of rotatable bonds is 3. The zero-order valence-corrected chi connectivity index (χ0v) is 15.0. The fraction of sp³-hybridized carbons (Fsp3) is 0.389. The third-order valence-electron chi connectivity index (χ3n) is 4.72. The molecule has 8 heteroatoms. The van der Waals surface area contributed by atoms with Crippen molar-refractivity contribution in [3.05, 3.63) is 52.3 Å². The molecule has 0 bridgehead atoms. The Bertz CT molecular complexity index is 870. The van der Waals surface area contributed by atoms with Gasteiger partial charge in [-0.1, -0.05) is 18.5 Å². The van der Waals surface area contributed by atoms with Crippen LogP contribution in [-0.2, 0) is 23.4 Å². The maximum atomic E-state index is 13.2. The summed E-state index contributed by atoms with van der Waals surface area (Å²) in [4.78, 5) is 23.0. The minimum absolute atomic E-state index is 0.0315. The minimum Gasteiger partial charge on any atom is -0.360 e. The average Bonchev–Trinajstić information content (AvgIpc) is 2.96. The maximum Gasteiger partial charge on any atom is 0.322 e. The van der Waals surface area contributed by atoms with Crippen LogP contribution in [0, 0.1) is 5.82 Å². The summed E-state index contributed by atoms with van der Waals surface area (Å²) in [6, 6.07) is 3.80. The van der Waals surface area contributed by atoms with E-state index in [4.69, 9.17) is 16.3 Å². The third-order valence-corrected chi connectivity index (χ3v) is 5.01. The molecule has 0 unspecified atom stereocenters. The summed E-state index contributed by atoms with van der Waals surface area (Å²) in [6.45, 7) is 3.39. The lowest BCUT2D eigenvalue weighted by Gasteiger charge is -2.46. The Hall–Kier alpha value is -2.25. The van der Waals surface area contributed by atoms with Crippen molar-refractivity contribution in [3.8, 4) is 0 Å². The van der Waals surface area contributed by atoms with E-state index in [2.05, 4.69) is 22.2 Å². The topological polar surface area (TPSA) is 67.4 Å². The third kappa shape index (κ3) is 2.91. The van der Waals surface area contributed by atoms with Crippen molar-refractivity contribution >= 4 is 23.3 Å². The fourth-order valence-electron chi connectivity index (χ4n) is 3.33. The first-order valence-corrected chi connectivity index (χ1v) is 8.89. The molecule has 1 spiro atoms. The molecule has 2 aromatic rings. The van der Waals surface area contributed by atoms with Crippen LogP contribution in [0.3, 0.4) is 0 Å². The van der Waals surface area contributed by atoms with Crippen LogP contribution in [0.4, 0.5) is 14.9 Å². The molecule has 0 saturated carbocycles. The van der Waals surface area contributed by atoms with Crippen LogP contribution < -0.4 is 5.32 Å². The predicted octanol–water partition coefficient (Wildman–Crippen LogP) is 3.49. The first-order valence-electron chi connectivity index (χ1n) is 8.51. The van der Waals surface area contributed by atoms with E-state index >= 15 is 0 Å². The number of hydrogen-bond donors (Lipinski definition) is 1. The molecule has 1 N–H and O–H groups in total. The number of carbonyl (C=O) groups excluding carboxylic acids is 1. The second-order valence-corrected chi connectivity index (χ2v) is 7.00. The highest BCUT2D eigenvalue weighted by molar-refractivity contribution is 6.31. The number of aryl methyl sites for hydroxylation is 1. The van der Waals surface area contributed by atoms with E-state index in [-0.39, 0.29) is 11.1 Å². The SMILES string of the molecule is CCCc1ncc2c(n1)COC21CN(C(=O)Nc2ccc(F)c(Cl)c2)C1. The van der Waals surface area contributed by atoms with Crippen LogP contribution in [-0.4, -0.2) is 34.0 Å². The van der Waals surface area contributed by atoms with Gasteiger partial charge in [0, 0.05) is 23.9 Å². The molecular formula is C18H18ClFN4O2. The standard InChI is InChI=1S/C18H18ClFN4O2/c1-2-3-16-21-7-12-15(23-16)8-26-18(12)9-24(10-18)17(25)22-11-4-5-14(20)13(19)6-11/h4-7H,2-3,8-10H2,1H3,(H,22,25). The molecule has 136 valence electrons. The molecule has 2 aliphatic rings. The summed E-state index contributed by atoms with van der Waals surface area (Å²) >= 11 is 5.74. The van der Waals surface area contributed by atoms with Crippen molar-refractivity contribution in [2.75, 3.05) is 18.4 Å². The molecule has 1 aromatic heterocycles. The van der Waals surface area contributed by atoms with Gasteiger partial charge in [-0.25, -0.2) is 19.2 Å². The quantitative estimate of drug-likeness (QED) is 0.890. The monoisotopic (exact) mass is 376 g/mol. The Morgan fingerprint density at radius 1 is 1.46 bits per heavy atom. The molecule has 0 aliphatic carbocycles. The maximum absolute atomic E-state index is 13.2. The summed E-state index contributed by atoms with van der Waals surface area (Å²) in [6.07, 6.45) is 3.66. The normalized spacial score (nSPS) is 17.1. The van der Waals surface area contributed by atoms with Gasteiger partial charge in [-0.3, -0.25) is 0 Å². The van der Waals surface area contributed by atoms with E-state index in [1.165, 1.54) is 18.2 Å². The second kappa shape index (κ2) is 6.48. The average molecular weight is 377 g/mol. The molecule has 1 aromatic carbocycles. The van der Waals surface area contributed by atoms with Crippen molar-refractivity contribution in [1.29, 1.82) is 0 Å². The Labute approximate surface area is 155 Å². The van der Waals surface area contributed by atoms with Crippen molar-refractivity contribution in [3.63, 3.8) is 0 Å². The largest absolute Gasteiger partial charge is 0.360 e. The number of nitrogens with one attached hydrogen (secondary N) is 1. The molecule has 2 amide bonds. The van der Waals surface area contributed by atoms with Crippen molar-refractivity contribution in [1.82, 2.24) is 14.9 Å². The van der Waals surface area contributed by atoms with Gasteiger partial charge in [0.15, 0.2) is 0 Å². The van der Waals surface area contributed by atoms with Gasteiger partial charge in [-0.05, 0) is 24.6 Å². The zero-order chi connectivity index (χ0) is 18.3. The van der Waals surface area contributed by atoms with Crippen LogP contribution in [0.5, 0.6) is 0 Å². The zero-order valence-electron chi connectivity index (χ0n) is 14.3. The van der Waals surface area contributed by atoms with Crippen LogP contribution in [0.2, 0.25) is 5.02 Å². The lowest BCUT2D eigenvalue weighted by atomic mass is 9.88. The molecule has 1 saturated heterocycles. The number of likely N-dealkylation sites (tertiary alicyclic amines) is 1. The first-order chi connectivity index (χ1) is 12.5. The van der Waals surface area contributed by atoms with Gasteiger partial charge in [0.05, 0.1) is 30.4 Å². The number of ether oxygens (including phenoxy) is 1.